The third kappa shape index (κ3) is 3.23. The van der Waals surface area contributed by atoms with E-state index in [2.05, 4.69) is 17.1 Å². The molecule has 1 spiro atoms. The summed E-state index contributed by atoms with van der Waals surface area (Å²) in [6, 6.07) is 5.34. The van der Waals surface area contributed by atoms with Crippen molar-refractivity contribution in [2.45, 2.75) is 44.9 Å². The maximum absolute atomic E-state index is 13.3. The topological polar surface area (TPSA) is 80.3 Å². The number of ether oxygens (including phenoxy) is 2. The van der Waals surface area contributed by atoms with Gasteiger partial charge in [-0.2, -0.15) is 5.10 Å². The normalized spacial score (nSPS) is 20.7. The number of nitrogens with zero attached hydrogens (tertiary/aromatic N) is 3. The predicted molar refractivity (Wildman–Crippen MR) is 105 cm³/mol. The van der Waals surface area contributed by atoms with Crippen molar-refractivity contribution in [1.29, 1.82) is 0 Å². The molecule has 1 atom stereocenters. The molecule has 1 unspecified atom stereocenters. The Morgan fingerprint density at radius 1 is 1.21 bits per heavy atom. The van der Waals surface area contributed by atoms with E-state index in [9.17, 15) is 4.79 Å². The number of carbonyl (C=O) groups excluding carboxylic acids is 1. The van der Waals surface area contributed by atoms with Crippen LogP contribution in [0.1, 0.15) is 60.5 Å². The Bertz CT molecular complexity index is 835. The number of amides is 1. The minimum absolute atomic E-state index is 0.0113. The Hall–Kier alpha value is -2.57. The monoisotopic (exact) mass is 384 g/mol. The van der Waals surface area contributed by atoms with Crippen molar-refractivity contribution in [2.75, 3.05) is 27.3 Å². The first-order valence-corrected chi connectivity index (χ1v) is 10.0. The van der Waals surface area contributed by atoms with Gasteiger partial charge < -0.3 is 14.4 Å². The van der Waals surface area contributed by atoms with Crippen LogP contribution in [0.4, 0.5) is 0 Å². The van der Waals surface area contributed by atoms with Crippen LogP contribution in [0, 0.1) is 5.41 Å². The van der Waals surface area contributed by atoms with Crippen LogP contribution in [0.25, 0.3) is 0 Å². The second-order valence-corrected chi connectivity index (χ2v) is 7.90. The molecule has 1 aromatic carbocycles. The van der Waals surface area contributed by atoms with E-state index in [1.54, 1.807) is 32.4 Å². The van der Waals surface area contributed by atoms with Crippen molar-refractivity contribution in [3.05, 3.63) is 35.4 Å². The van der Waals surface area contributed by atoms with E-state index in [4.69, 9.17) is 14.5 Å². The summed E-state index contributed by atoms with van der Waals surface area (Å²) in [6.07, 6.45) is 5.49. The SMILES string of the molecule is CCc1nc(C2CN(C(=O)c3cc(OC)cc(OC)c3)CC23CCCC3)n[nH]1. The third-order valence-corrected chi connectivity index (χ3v) is 6.33. The van der Waals surface area contributed by atoms with E-state index in [-0.39, 0.29) is 17.2 Å². The minimum atomic E-state index is 0.0113. The van der Waals surface area contributed by atoms with Crippen molar-refractivity contribution < 1.29 is 14.3 Å². The molecule has 1 aromatic heterocycles. The Morgan fingerprint density at radius 2 is 1.89 bits per heavy atom. The van der Waals surface area contributed by atoms with Crippen LogP contribution < -0.4 is 9.47 Å². The summed E-state index contributed by atoms with van der Waals surface area (Å²) in [6.45, 7) is 3.47. The van der Waals surface area contributed by atoms with Gasteiger partial charge in [-0.25, -0.2) is 4.98 Å². The molecule has 1 aliphatic carbocycles. The minimum Gasteiger partial charge on any atom is -0.497 e. The number of aryl methyl sites for hydroxylation is 1. The molecule has 7 heteroatoms. The second-order valence-electron chi connectivity index (χ2n) is 7.90. The van der Waals surface area contributed by atoms with E-state index >= 15 is 0 Å². The maximum atomic E-state index is 13.3. The molecule has 150 valence electrons. The van der Waals surface area contributed by atoms with Crippen LogP contribution in [-0.4, -0.2) is 53.3 Å². The van der Waals surface area contributed by atoms with Crippen molar-refractivity contribution in [3.63, 3.8) is 0 Å². The predicted octanol–water partition coefficient (Wildman–Crippen LogP) is 3.18. The number of H-pyrrole nitrogens is 1. The number of benzene rings is 1. The molecule has 2 aliphatic rings. The number of hydrogen-bond acceptors (Lipinski definition) is 5. The zero-order valence-corrected chi connectivity index (χ0v) is 16.8. The van der Waals surface area contributed by atoms with Crippen LogP contribution >= 0.6 is 0 Å². The number of hydrogen-bond donors (Lipinski definition) is 1. The van der Waals surface area contributed by atoms with Crippen molar-refractivity contribution in [2.24, 2.45) is 5.41 Å². The Balaban J connectivity index is 1.63. The lowest BCUT2D eigenvalue weighted by atomic mass is 9.76. The van der Waals surface area contributed by atoms with Crippen molar-refractivity contribution in [3.8, 4) is 11.5 Å². The first kappa shape index (κ1) is 18.8. The summed E-state index contributed by atoms with van der Waals surface area (Å²) in [7, 11) is 3.19. The molecule has 1 saturated carbocycles. The molecular weight excluding hydrogens is 356 g/mol. The highest BCUT2D eigenvalue weighted by Gasteiger charge is 2.51. The van der Waals surface area contributed by atoms with Gasteiger partial charge in [0.15, 0.2) is 5.82 Å². The maximum Gasteiger partial charge on any atom is 0.254 e. The quantitative estimate of drug-likeness (QED) is 0.856. The second kappa shape index (κ2) is 7.45. The lowest BCUT2D eigenvalue weighted by molar-refractivity contribution is 0.0772. The molecule has 2 aromatic rings. The van der Waals surface area contributed by atoms with Crippen LogP contribution in [0.5, 0.6) is 11.5 Å². The summed E-state index contributed by atoms with van der Waals surface area (Å²) in [5.41, 5.74) is 0.681. The van der Waals surface area contributed by atoms with E-state index in [1.807, 2.05) is 4.90 Å². The Labute approximate surface area is 165 Å². The molecule has 1 saturated heterocycles. The van der Waals surface area contributed by atoms with Gasteiger partial charge in [0.05, 0.1) is 14.2 Å². The van der Waals surface area contributed by atoms with Crippen LogP contribution in [0.15, 0.2) is 18.2 Å². The van der Waals surface area contributed by atoms with Gasteiger partial charge in [-0.3, -0.25) is 9.89 Å². The van der Waals surface area contributed by atoms with Gasteiger partial charge in [0.25, 0.3) is 5.91 Å². The largest absolute Gasteiger partial charge is 0.497 e. The fourth-order valence-electron chi connectivity index (χ4n) is 4.80. The summed E-state index contributed by atoms with van der Waals surface area (Å²) in [5.74, 6) is 3.20. The Morgan fingerprint density at radius 3 is 2.46 bits per heavy atom. The standard InChI is InChI=1S/C21H28N4O3/c1-4-18-22-19(24-23-18)17-12-25(13-21(17)7-5-6-8-21)20(26)14-9-15(27-2)11-16(10-14)28-3/h9-11,17H,4-8,12-13H2,1-3H3,(H,22,23,24). The molecule has 1 aliphatic heterocycles. The summed E-state index contributed by atoms with van der Waals surface area (Å²) >= 11 is 0. The van der Waals surface area contributed by atoms with Gasteiger partial charge in [-0.15, -0.1) is 0 Å². The zero-order valence-electron chi connectivity index (χ0n) is 16.8. The summed E-state index contributed by atoms with van der Waals surface area (Å²) < 4.78 is 10.7. The Kier molecular flexibility index (Phi) is 5.00. The fourth-order valence-corrected chi connectivity index (χ4v) is 4.80. The third-order valence-electron chi connectivity index (χ3n) is 6.33. The highest BCUT2D eigenvalue weighted by atomic mass is 16.5. The molecule has 2 fully saturated rings. The van der Waals surface area contributed by atoms with Crippen LogP contribution in [0.3, 0.4) is 0 Å². The van der Waals surface area contributed by atoms with Crippen molar-refractivity contribution >= 4 is 5.91 Å². The van der Waals surface area contributed by atoms with E-state index in [0.29, 0.717) is 23.6 Å². The van der Waals surface area contributed by atoms with E-state index < -0.39 is 0 Å². The first-order valence-electron chi connectivity index (χ1n) is 10.0. The number of carbonyl (C=O) groups is 1. The number of nitrogens with one attached hydrogen (secondary N) is 1. The molecule has 2 heterocycles. The molecule has 1 N–H and O–H groups in total. The van der Waals surface area contributed by atoms with E-state index in [0.717, 1.165) is 37.5 Å². The van der Waals surface area contributed by atoms with Gasteiger partial charge >= 0.3 is 0 Å². The van der Waals surface area contributed by atoms with Crippen molar-refractivity contribution in [1.82, 2.24) is 20.1 Å². The van der Waals surface area contributed by atoms with E-state index in [1.165, 1.54) is 12.8 Å². The summed E-state index contributed by atoms with van der Waals surface area (Å²) in [4.78, 5) is 20.0. The smallest absolute Gasteiger partial charge is 0.254 e. The molecular formula is C21H28N4O3. The van der Waals surface area contributed by atoms with Gasteiger partial charge in [-0.1, -0.05) is 19.8 Å². The number of aromatic amines is 1. The lowest BCUT2D eigenvalue weighted by Gasteiger charge is -2.27. The average Bonchev–Trinajstić information content (AvgIpc) is 3.47. The highest BCUT2D eigenvalue weighted by molar-refractivity contribution is 5.95. The highest BCUT2D eigenvalue weighted by Crippen LogP contribution is 2.53. The number of rotatable bonds is 5. The van der Waals surface area contributed by atoms with Gasteiger partial charge in [0.1, 0.15) is 17.3 Å². The van der Waals surface area contributed by atoms with Gasteiger partial charge in [0.2, 0.25) is 0 Å². The summed E-state index contributed by atoms with van der Waals surface area (Å²) in [5, 5.41) is 7.54. The number of aromatic nitrogens is 3. The van der Waals surface area contributed by atoms with Crippen LogP contribution in [0.2, 0.25) is 0 Å². The van der Waals surface area contributed by atoms with Crippen LogP contribution in [-0.2, 0) is 6.42 Å². The molecule has 1 amide bonds. The zero-order chi connectivity index (χ0) is 19.7. The lowest BCUT2D eigenvalue weighted by Crippen LogP contribution is -2.31. The van der Waals surface area contributed by atoms with Gasteiger partial charge in [0, 0.05) is 37.1 Å². The molecule has 7 nitrogen and oxygen atoms in total. The molecule has 0 radical (unpaired) electrons. The number of likely N-dealkylation sites (tertiary alicyclic amines) is 1. The molecule has 28 heavy (non-hydrogen) atoms. The average molecular weight is 384 g/mol. The number of methoxy groups -OCH3 is 2. The molecule has 4 rings (SSSR count). The molecule has 0 bridgehead atoms. The van der Waals surface area contributed by atoms with Gasteiger partial charge in [-0.05, 0) is 30.4 Å². The fraction of sp³-hybridized carbons (Fsp3) is 0.571. The first-order chi connectivity index (χ1) is 13.6.